The van der Waals surface area contributed by atoms with Crippen LogP contribution >= 0.6 is 0 Å². The summed E-state index contributed by atoms with van der Waals surface area (Å²) in [5.74, 6) is 1.04. The Kier molecular flexibility index (Phi) is 2.63. The van der Waals surface area contributed by atoms with Crippen LogP contribution in [0.15, 0.2) is 4.99 Å². The Morgan fingerprint density at radius 2 is 2.27 bits per heavy atom. The number of hydrogen-bond acceptors (Lipinski definition) is 4. The van der Waals surface area contributed by atoms with Crippen molar-refractivity contribution in [3.63, 3.8) is 0 Å². The minimum Gasteiger partial charge on any atom is -0.381 e. The normalized spacial score (nSPS) is 33.6. The van der Waals surface area contributed by atoms with Crippen molar-refractivity contribution in [3.05, 3.63) is 0 Å². The van der Waals surface area contributed by atoms with Crippen molar-refractivity contribution in [2.75, 3.05) is 27.2 Å². The van der Waals surface area contributed by atoms with E-state index < -0.39 is 0 Å². The molecule has 1 aliphatic carbocycles. The molecule has 0 spiro atoms. The first kappa shape index (κ1) is 10.7. The molecular weight excluding hydrogens is 190 g/mol. The number of hydrogen-bond donors (Lipinski definition) is 1. The predicted octanol–water partition coefficient (Wildman–Crippen LogP) is 0.691. The van der Waals surface area contributed by atoms with Crippen LogP contribution in [0.1, 0.15) is 20.3 Å². The Morgan fingerprint density at radius 3 is 2.73 bits per heavy atom. The van der Waals surface area contributed by atoms with Crippen LogP contribution < -0.4 is 5.32 Å². The van der Waals surface area contributed by atoms with Gasteiger partial charge in [0.2, 0.25) is 0 Å². The van der Waals surface area contributed by atoms with E-state index >= 15 is 0 Å². The zero-order chi connectivity index (χ0) is 11.1. The third-order valence-corrected chi connectivity index (χ3v) is 3.82. The monoisotopic (exact) mass is 211 g/mol. The average Bonchev–Trinajstić information content (AvgIpc) is 2.58. The van der Waals surface area contributed by atoms with Gasteiger partial charge in [-0.15, -0.1) is 0 Å². The van der Waals surface area contributed by atoms with E-state index in [-0.39, 0.29) is 5.41 Å². The minimum atomic E-state index is 0.209. The Hall–Kier alpha value is -0.770. The summed E-state index contributed by atoms with van der Waals surface area (Å²) in [6.45, 7) is 6.44. The molecule has 2 aliphatic rings. The van der Waals surface area contributed by atoms with E-state index in [4.69, 9.17) is 4.74 Å². The second kappa shape index (κ2) is 3.67. The van der Waals surface area contributed by atoms with Gasteiger partial charge in [-0.2, -0.15) is 0 Å². The van der Waals surface area contributed by atoms with Gasteiger partial charge in [0, 0.05) is 32.2 Å². The fourth-order valence-corrected chi connectivity index (χ4v) is 2.37. The van der Waals surface area contributed by atoms with Crippen LogP contribution in [0.2, 0.25) is 0 Å². The molecule has 15 heavy (non-hydrogen) atoms. The summed E-state index contributed by atoms with van der Waals surface area (Å²) in [6.07, 6.45) is 1.46. The Morgan fingerprint density at radius 1 is 1.53 bits per heavy atom. The highest BCUT2D eigenvalue weighted by molar-refractivity contribution is 5.81. The van der Waals surface area contributed by atoms with Crippen molar-refractivity contribution in [1.82, 2.24) is 10.2 Å². The molecule has 0 amide bonds. The van der Waals surface area contributed by atoms with E-state index in [2.05, 4.69) is 36.1 Å². The quantitative estimate of drug-likeness (QED) is 0.730. The number of nitrogens with one attached hydrogen (secondary N) is 1. The number of rotatable bonds is 2. The van der Waals surface area contributed by atoms with Crippen molar-refractivity contribution in [1.29, 1.82) is 0 Å². The largest absolute Gasteiger partial charge is 0.381 e. The summed E-state index contributed by atoms with van der Waals surface area (Å²) < 4.78 is 5.43. The van der Waals surface area contributed by atoms with Crippen molar-refractivity contribution in [3.8, 4) is 0 Å². The first-order chi connectivity index (χ1) is 7.05. The lowest BCUT2D eigenvalue weighted by Gasteiger charge is -2.51. The van der Waals surface area contributed by atoms with Crippen molar-refractivity contribution in [2.24, 2.45) is 10.4 Å². The van der Waals surface area contributed by atoms with Crippen LogP contribution in [0.5, 0.6) is 0 Å². The molecule has 86 valence electrons. The molecule has 1 fully saturated rings. The summed E-state index contributed by atoms with van der Waals surface area (Å²) in [6, 6.07) is 0.488. The van der Waals surface area contributed by atoms with E-state index in [0.29, 0.717) is 12.1 Å². The van der Waals surface area contributed by atoms with E-state index in [1.165, 1.54) is 0 Å². The topological polar surface area (TPSA) is 36.9 Å². The first-order valence-electron chi connectivity index (χ1n) is 5.60. The summed E-state index contributed by atoms with van der Waals surface area (Å²) >= 11 is 0. The third-order valence-electron chi connectivity index (χ3n) is 3.82. The average molecular weight is 211 g/mol. The van der Waals surface area contributed by atoms with Gasteiger partial charge in [0.15, 0.2) is 5.96 Å². The van der Waals surface area contributed by atoms with E-state index in [1.807, 2.05) is 0 Å². The standard InChI is InChI=1S/C11H21N3O/c1-11(2)8(7-9(11)15-4)13-10-12-5-6-14(10)3/h8-9H,5-7H2,1-4H3,(H,12,13). The zero-order valence-corrected chi connectivity index (χ0v) is 10.1. The summed E-state index contributed by atoms with van der Waals surface area (Å²) in [5.41, 5.74) is 0.209. The van der Waals surface area contributed by atoms with Gasteiger partial charge in [-0.3, -0.25) is 4.99 Å². The molecule has 0 bridgehead atoms. The molecule has 1 N–H and O–H groups in total. The fraction of sp³-hybridized carbons (Fsp3) is 0.909. The van der Waals surface area contributed by atoms with Crippen LogP contribution in [0.4, 0.5) is 0 Å². The summed E-state index contributed by atoms with van der Waals surface area (Å²) in [5, 5.41) is 3.52. The summed E-state index contributed by atoms with van der Waals surface area (Å²) in [7, 11) is 3.88. The molecule has 1 saturated carbocycles. The van der Waals surface area contributed by atoms with E-state index in [1.54, 1.807) is 7.11 Å². The molecule has 1 aliphatic heterocycles. The number of aliphatic imine (C=N–C) groups is 1. The molecule has 2 rings (SSSR count). The van der Waals surface area contributed by atoms with Gasteiger partial charge in [-0.05, 0) is 6.42 Å². The maximum atomic E-state index is 5.43. The number of likely N-dealkylation sites (N-methyl/N-ethyl adjacent to an activating group) is 1. The van der Waals surface area contributed by atoms with Gasteiger partial charge in [-0.1, -0.05) is 13.8 Å². The Labute approximate surface area is 91.7 Å². The Bertz CT molecular complexity index is 275. The number of nitrogens with zero attached hydrogens (tertiary/aromatic N) is 2. The van der Waals surface area contributed by atoms with Gasteiger partial charge in [0.1, 0.15) is 0 Å². The molecule has 0 radical (unpaired) electrons. The maximum Gasteiger partial charge on any atom is 0.194 e. The van der Waals surface area contributed by atoms with Crippen LogP contribution in [0.25, 0.3) is 0 Å². The second-order valence-corrected chi connectivity index (χ2v) is 5.11. The van der Waals surface area contributed by atoms with Gasteiger partial charge in [0.25, 0.3) is 0 Å². The molecule has 4 nitrogen and oxygen atoms in total. The smallest absolute Gasteiger partial charge is 0.194 e. The SMILES string of the molecule is COC1CC(NC2=NCCN2C)C1(C)C. The second-order valence-electron chi connectivity index (χ2n) is 5.11. The Balaban J connectivity index is 1.92. The highest BCUT2D eigenvalue weighted by Gasteiger charge is 2.49. The lowest BCUT2D eigenvalue weighted by molar-refractivity contribution is -0.0925. The van der Waals surface area contributed by atoms with E-state index in [0.717, 1.165) is 25.5 Å². The highest BCUT2D eigenvalue weighted by atomic mass is 16.5. The van der Waals surface area contributed by atoms with Crippen LogP contribution in [-0.4, -0.2) is 50.3 Å². The van der Waals surface area contributed by atoms with Crippen molar-refractivity contribution < 1.29 is 4.74 Å². The minimum absolute atomic E-state index is 0.209. The van der Waals surface area contributed by atoms with Crippen molar-refractivity contribution in [2.45, 2.75) is 32.4 Å². The van der Waals surface area contributed by atoms with Crippen LogP contribution in [0.3, 0.4) is 0 Å². The molecule has 2 unspecified atom stereocenters. The van der Waals surface area contributed by atoms with Gasteiger partial charge in [-0.25, -0.2) is 0 Å². The first-order valence-corrected chi connectivity index (χ1v) is 5.60. The van der Waals surface area contributed by atoms with Gasteiger partial charge >= 0.3 is 0 Å². The zero-order valence-electron chi connectivity index (χ0n) is 10.1. The molecule has 0 aromatic carbocycles. The van der Waals surface area contributed by atoms with E-state index in [9.17, 15) is 0 Å². The predicted molar refractivity (Wildman–Crippen MR) is 61.1 cm³/mol. The fourth-order valence-electron chi connectivity index (χ4n) is 2.37. The summed E-state index contributed by atoms with van der Waals surface area (Å²) in [4.78, 5) is 6.62. The lowest BCUT2D eigenvalue weighted by atomic mass is 9.64. The molecule has 0 aromatic heterocycles. The molecule has 4 heteroatoms. The molecule has 0 saturated heterocycles. The highest BCUT2D eigenvalue weighted by Crippen LogP contribution is 2.42. The van der Waals surface area contributed by atoms with Crippen LogP contribution in [0, 0.1) is 5.41 Å². The molecule has 0 aromatic rings. The van der Waals surface area contributed by atoms with Crippen LogP contribution in [-0.2, 0) is 4.74 Å². The number of ether oxygens (including phenoxy) is 1. The molecule has 1 heterocycles. The van der Waals surface area contributed by atoms with Gasteiger partial charge in [0.05, 0.1) is 12.6 Å². The number of methoxy groups -OCH3 is 1. The molecular formula is C11H21N3O. The third kappa shape index (κ3) is 1.71. The van der Waals surface area contributed by atoms with Crippen molar-refractivity contribution >= 4 is 5.96 Å². The maximum absolute atomic E-state index is 5.43. The lowest BCUT2D eigenvalue weighted by Crippen LogP contribution is -2.63. The number of guanidine groups is 1. The van der Waals surface area contributed by atoms with Gasteiger partial charge < -0.3 is 15.0 Å². The molecule has 2 atom stereocenters.